The molecule has 0 radical (unpaired) electrons. The van der Waals surface area contributed by atoms with Gasteiger partial charge in [-0.1, -0.05) is 54.7 Å². The smallest absolute Gasteiger partial charge is 0.247 e. The van der Waals surface area contributed by atoms with Crippen molar-refractivity contribution in [1.82, 2.24) is 41.1 Å². The minimum absolute atomic E-state index is 0.212. The molecule has 72 heavy (non-hydrogen) atoms. The van der Waals surface area contributed by atoms with Gasteiger partial charge in [-0.25, -0.2) is 84.3 Å². The van der Waals surface area contributed by atoms with Gasteiger partial charge in [-0.15, -0.1) is 59.2 Å². The van der Waals surface area contributed by atoms with Crippen molar-refractivity contribution < 1.29 is 0 Å². The van der Waals surface area contributed by atoms with Crippen LogP contribution in [0.3, 0.4) is 0 Å². The van der Waals surface area contributed by atoms with Crippen molar-refractivity contribution in [2.24, 2.45) is 0 Å². The van der Waals surface area contributed by atoms with Crippen LogP contribution in [0.25, 0.3) is 0 Å². The highest BCUT2D eigenvalue weighted by molar-refractivity contribution is 4.85. The third-order valence-corrected chi connectivity index (χ3v) is 11.3. The van der Waals surface area contributed by atoms with E-state index in [4.69, 9.17) is 0 Å². The third-order valence-electron chi connectivity index (χ3n) is 11.3. The lowest BCUT2D eigenvalue weighted by Gasteiger charge is -2.14. The first-order valence-corrected chi connectivity index (χ1v) is 25.1. The SMILES string of the molecule is C=CCCCCn1c(=O)n(CCCCC=C)c(=O)n(CCCCC=C)c1=O.C=CCCCn1c(=O)n(CCCC=C)c(=O)n(CCCC=C)c1=O.C=CCCn1c(=O)n(CCC=C)c(=O)n(CCC=C)c1=O. The molecule has 0 saturated heterocycles. The van der Waals surface area contributed by atoms with Crippen LogP contribution in [0.15, 0.2) is 157 Å². The molecule has 0 unspecified atom stereocenters. The van der Waals surface area contributed by atoms with E-state index in [9.17, 15) is 43.2 Å². The Bertz CT molecular complexity index is 2430. The Balaban J connectivity index is 0.000000544. The summed E-state index contributed by atoms with van der Waals surface area (Å²) in [7, 11) is 0. The topological polar surface area (TPSA) is 198 Å². The molecule has 18 heteroatoms. The molecule has 3 heterocycles. The lowest BCUT2D eigenvalue weighted by atomic mass is 10.2. The van der Waals surface area contributed by atoms with E-state index >= 15 is 0 Å². The van der Waals surface area contributed by atoms with Gasteiger partial charge in [0.15, 0.2) is 0 Å². The molecule has 0 saturated carbocycles. The highest BCUT2D eigenvalue weighted by atomic mass is 16.2. The van der Waals surface area contributed by atoms with E-state index in [-0.39, 0.29) is 39.3 Å². The average molecular weight is 1000 g/mol. The maximum Gasteiger partial charge on any atom is 0.336 e. The summed E-state index contributed by atoms with van der Waals surface area (Å²) in [6.45, 7) is 35.2. The minimum Gasteiger partial charge on any atom is -0.247 e. The molecule has 0 spiro atoms. The lowest BCUT2D eigenvalue weighted by molar-refractivity contribution is 0.419. The molecular weight excluding hydrogens is 919 g/mol. The second-order valence-corrected chi connectivity index (χ2v) is 16.8. The largest absolute Gasteiger partial charge is 0.336 e. The Hall–Kier alpha value is -7.11. The number of rotatable bonds is 36. The van der Waals surface area contributed by atoms with Gasteiger partial charge in [-0.2, -0.15) is 0 Å². The molecule has 0 atom stereocenters. The van der Waals surface area contributed by atoms with Gasteiger partial charge in [0.1, 0.15) is 0 Å². The van der Waals surface area contributed by atoms with Crippen molar-refractivity contribution >= 4 is 0 Å². The molecule has 18 nitrogen and oxygen atoms in total. The molecular formula is C54H81N9O9. The molecule has 0 aliphatic heterocycles. The van der Waals surface area contributed by atoms with Crippen molar-refractivity contribution in [3.63, 3.8) is 0 Å². The van der Waals surface area contributed by atoms with E-state index in [1.165, 1.54) is 13.7 Å². The minimum atomic E-state index is -0.580. The van der Waals surface area contributed by atoms with E-state index in [0.717, 1.165) is 65.9 Å². The summed E-state index contributed by atoms with van der Waals surface area (Å²) in [6.07, 6.45) is 28.2. The molecule has 0 amide bonds. The van der Waals surface area contributed by atoms with Crippen molar-refractivity contribution in [3.8, 4) is 0 Å². The van der Waals surface area contributed by atoms with Gasteiger partial charge in [0.25, 0.3) is 0 Å². The fraction of sp³-hybridized carbons (Fsp3) is 0.500. The second kappa shape index (κ2) is 36.8. The standard InChI is InChI=1S/C21H33N3O3.C18H27N3O3.C15H21N3O3/c1-4-7-10-13-16-22-19(25)23(17-14-11-8-5-2)21(27)24(20(22)26)18-15-12-9-6-3;1-4-7-10-13-19-16(22)20(14-11-8-5-2)18(24)21(17(19)23)15-12-9-6-3;1-4-7-10-16-13(19)17(11-8-5-2)15(21)18(14(16)20)12-9-6-3/h4-6H,1-3,7-18H2;4-6H,1-3,7-15H2;4-6H,1-3,7-12H2. The van der Waals surface area contributed by atoms with Crippen molar-refractivity contribution in [3.05, 3.63) is 208 Å². The van der Waals surface area contributed by atoms with E-state index < -0.39 is 51.2 Å². The van der Waals surface area contributed by atoms with E-state index in [1.807, 2.05) is 18.2 Å². The maximum absolute atomic E-state index is 12.7. The number of unbranched alkanes of at least 4 members (excludes halogenated alkanes) is 9. The summed E-state index contributed by atoms with van der Waals surface area (Å²) < 4.78 is 10.4. The first-order valence-electron chi connectivity index (χ1n) is 25.1. The summed E-state index contributed by atoms with van der Waals surface area (Å²) in [5.41, 5.74) is -4.82. The fourth-order valence-corrected chi connectivity index (χ4v) is 7.29. The summed E-state index contributed by atoms with van der Waals surface area (Å²) in [5.74, 6) is 0. The second-order valence-electron chi connectivity index (χ2n) is 16.8. The zero-order valence-electron chi connectivity index (χ0n) is 42.9. The van der Waals surface area contributed by atoms with Gasteiger partial charge in [-0.3, -0.25) is 0 Å². The quantitative estimate of drug-likeness (QED) is 0.0480. The molecule has 3 aromatic heterocycles. The summed E-state index contributed by atoms with van der Waals surface area (Å²) in [4.78, 5) is 113. The van der Waals surface area contributed by atoms with Gasteiger partial charge in [0.05, 0.1) is 0 Å². The van der Waals surface area contributed by atoms with Crippen LogP contribution < -0.4 is 51.2 Å². The molecule has 0 bridgehead atoms. The molecule has 0 aliphatic carbocycles. The van der Waals surface area contributed by atoms with Gasteiger partial charge >= 0.3 is 51.2 Å². The number of aromatic nitrogens is 9. The zero-order valence-corrected chi connectivity index (χ0v) is 42.9. The molecule has 0 aromatic carbocycles. The van der Waals surface area contributed by atoms with Crippen molar-refractivity contribution in [1.29, 1.82) is 0 Å². The number of nitrogens with zero attached hydrogens (tertiary/aromatic N) is 9. The number of hydrogen-bond acceptors (Lipinski definition) is 9. The van der Waals surface area contributed by atoms with E-state index in [0.29, 0.717) is 96.7 Å². The Morgan fingerprint density at radius 2 is 0.333 bits per heavy atom. The lowest BCUT2D eigenvalue weighted by Crippen LogP contribution is -2.54. The molecule has 0 aliphatic rings. The van der Waals surface area contributed by atoms with E-state index in [2.05, 4.69) is 59.2 Å². The average Bonchev–Trinajstić information content (AvgIpc) is 3.36. The third kappa shape index (κ3) is 19.9. The van der Waals surface area contributed by atoms with Gasteiger partial charge in [0.2, 0.25) is 0 Å². The van der Waals surface area contributed by atoms with Crippen LogP contribution in [0, 0.1) is 0 Å². The number of hydrogen-bond donors (Lipinski definition) is 0. The molecule has 396 valence electrons. The van der Waals surface area contributed by atoms with Crippen LogP contribution in [-0.4, -0.2) is 41.1 Å². The predicted octanol–water partition coefficient (Wildman–Crippen LogP) is 6.21. The van der Waals surface area contributed by atoms with Crippen LogP contribution in [0.5, 0.6) is 0 Å². The first kappa shape index (κ1) is 62.9. The highest BCUT2D eigenvalue weighted by Crippen LogP contribution is 2.01. The normalized spacial score (nSPS) is 10.5. The van der Waals surface area contributed by atoms with Crippen molar-refractivity contribution in [2.75, 3.05) is 0 Å². The predicted molar refractivity (Wildman–Crippen MR) is 293 cm³/mol. The van der Waals surface area contributed by atoms with Gasteiger partial charge in [0, 0.05) is 58.9 Å². The molecule has 0 fully saturated rings. The summed E-state index contributed by atoms with van der Waals surface area (Å²) in [6, 6.07) is 0. The van der Waals surface area contributed by atoms with Gasteiger partial charge in [-0.05, 0) is 116 Å². The Labute approximate surface area is 422 Å². The maximum atomic E-state index is 12.7. The van der Waals surface area contributed by atoms with Crippen LogP contribution >= 0.6 is 0 Å². The Kier molecular flexibility index (Phi) is 32.1. The monoisotopic (exact) mass is 1000 g/mol. The molecule has 3 aromatic rings. The van der Waals surface area contributed by atoms with Crippen LogP contribution in [0.2, 0.25) is 0 Å². The first-order chi connectivity index (χ1) is 34.7. The van der Waals surface area contributed by atoms with Crippen LogP contribution in [0.1, 0.15) is 116 Å². The van der Waals surface area contributed by atoms with Crippen LogP contribution in [-0.2, 0) is 58.9 Å². The van der Waals surface area contributed by atoms with E-state index in [1.54, 1.807) is 36.5 Å². The molecule has 3 rings (SSSR count). The van der Waals surface area contributed by atoms with Crippen molar-refractivity contribution in [2.45, 2.75) is 174 Å². The zero-order chi connectivity index (χ0) is 53.8. The van der Waals surface area contributed by atoms with Crippen LogP contribution in [0.4, 0.5) is 0 Å². The number of allylic oxidation sites excluding steroid dienone is 9. The summed E-state index contributed by atoms with van der Waals surface area (Å²) >= 11 is 0. The summed E-state index contributed by atoms with van der Waals surface area (Å²) in [5, 5.41) is 0. The highest BCUT2D eigenvalue weighted by Gasteiger charge is 2.17. The molecule has 0 N–H and O–H groups in total. The Morgan fingerprint density at radius 3 is 0.500 bits per heavy atom. The Morgan fingerprint density at radius 1 is 0.194 bits per heavy atom. The fourth-order valence-electron chi connectivity index (χ4n) is 7.29. The van der Waals surface area contributed by atoms with Gasteiger partial charge < -0.3 is 0 Å².